The third kappa shape index (κ3) is 2.49. The van der Waals surface area contributed by atoms with Crippen molar-refractivity contribution in [2.45, 2.75) is 25.9 Å². The summed E-state index contributed by atoms with van der Waals surface area (Å²) >= 11 is 0. The maximum Gasteiger partial charge on any atom is 0.0421 e. The predicted octanol–water partition coefficient (Wildman–Crippen LogP) is 2.15. The minimum Gasteiger partial charge on any atom is -0.350 e. The molecule has 0 aromatic carbocycles. The summed E-state index contributed by atoms with van der Waals surface area (Å²) in [6, 6.07) is 8.28. The molecule has 2 aromatic rings. The van der Waals surface area contributed by atoms with Crippen LogP contribution in [0.2, 0.25) is 0 Å². The fourth-order valence-corrected chi connectivity index (χ4v) is 1.84. The largest absolute Gasteiger partial charge is 0.350 e. The monoisotopic (exact) mass is 215 g/mol. The van der Waals surface area contributed by atoms with E-state index in [1.807, 2.05) is 25.3 Å². The molecule has 2 aromatic heterocycles. The highest BCUT2D eigenvalue weighted by atomic mass is 15.0. The molecule has 2 heterocycles. The Morgan fingerprint density at radius 1 is 1.38 bits per heavy atom. The molecule has 3 nitrogen and oxygen atoms in total. The van der Waals surface area contributed by atoms with Gasteiger partial charge in [0.2, 0.25) is 0 Å². The average Bonchev–Trinajstić information content (AvgIpc) is 2.76. The average molecular weight is 215 g/mol. The zero-order valence-electron chi connectivity index (χ0n) is 9.50. The summed E-state index contributed by atoms with van der Waals surface area (Å²) in [6.45, 7) is 2.96. The first-order valence-corrected chi connectivity index (χ1v) is 5.57. The van der Waals surface area contributed by atoms with Crippen LogP contribution in [0.4, 0.5) is 0 Å². The van der Waals surface area contributed by atoms with E-state index in [0.717, 1.165) is 13.0 Å². The first-order valence-electron chi connectivity index (χ1n) is 5.57. The molecule has 0 saturated heterocycles. The molecular weight excluding hydrogens is 198 g/mol. The molecule has 0 spiro atoms. The van der Waals surface area contributed by atoms with Gasteiger partial charge in [0.25, 0.3) is 0 Å². The zero-order chi connectivity index (χ0) is 11.4. The van der Waals surface area contributed by atoms with Crippen molar-refractivity contribution in [3.63, 3.8) is 0 Å². The van der Waals surface area contributed by atoms with E-state index in [0.29, 0.717) is 0 Å². The normalized spacial score (nSPS) is 12.6. The van der Waals surface area contributed by atoms with Gasteiger partial charge in [-0.15, -0.1) is 0 Å². The van der Waals surface area contributed by atoms with E-state index in [1.54, 1.807) is 6.20 Å². The molecule has 2 N–H and O–H groups in total. The van der Waals surface area contributed by atoms with Gasteiger partial charge in [-0.2, -0.15) is 0 Å². The lowest BCUT2D eigenvalue weighted by Crippen LogP contribution is -2.12. The summed E-state index contributed by atoms with van der Waals surface area (Å²) in [5, 5.41) is 0. The Morgan fingerprint density at radius 3 is 2.94 bits per heavy atom. The van der Waals surface area contributed by atoms with E-state index in [-0.39, 0.29) is 6.04 Å². The second-order valence-electron chi connectivity index (χ2n) is 4.03. The molecule has 0 aliphatic heterocycles. The Labute approximate surface area is 95.9 Å². The lowest BCUT2D eigenvalue weighted by atomic mass is 10.2. The van der Waals surface area contributed by atoms with Gasteiger partial charge in [0.15, 0.2) is 0 Å². The lowest BCUT2D eigenvalue weighted by Gasteiger charge is -2.11. The van der Waals surface area contributed by atoms with Crippen molar-refractivity contribution < 1.29 is 0 Å². The summed E-state index contributed by atoms with van der Waals surface area (Å²) < 4.78 is 2.21. The van der Waals surface area contributed by atoms with Crippen molar-refractivity contribution in [2.24, 2.45) is 5.73 Å². The van der Waals surface area contributed by atoms with Gasteiger partial charge in [-0.05, 0) is 37.1 Å². The first-order chi connectivity index (χ1) is 7.77. The Balaban J connectivity index is 2.02. The number of hydrogen-bond donors (Lipinski definition) is 1. The van der Waals surface area contributed by atoms with Crippen molar-refractivity contribution in [3.8, 4) is 0 Å². The molecule has 1 unspecified atom stereocenters. The maximum absolute atomic E-state index is 5.89. The van der Waals surface area contributed by atoms with Crippen molar-refractivity contribution in [3.05, 3.63) is 54.1 Å². The predicted molar refractivity (Wildman–Crippen MR) is 65.0 cm³/mol. The van der Waals surface area contributed by atoms with Crippen LogP contribution < -0.4 is 5.73 Å². The van der Waals surface area contributed by atoms with E-state index in [1.165, 1.54) is 11.3 Å². The van der Waals surface area contributed by atoms with Crippen LogP contribution in [-0.4, -0.2) is 9.55 Å². The van der Waals surface area contributed by atoms with Gasteiger partial charge in [-0.25, -0.2) is 0 Å². The molecule has 0 radical (unpaired) electrons. The van der Waals surface area contributed by atoms with Gasteiger partial charge in [-0.1, -0.05) is 6.07 Å². The Hall–Kier alpha value is -1.61. The van der Waals surface area contributed by atoms with Crippen LogP contribution in [-0.2, 0) is 13.0 Å². The van der Waals surface area contributed by atoms with Crippen molar-refractivity contribution in [1.29, 1.82) is 0 Å². The van der Waals surface area contributed by atoms with Crippen molar-refractivity contribution >= 4 is 0 Å². The summed E-state index contributed by atoms with van der Waals surface area (Å²) in [5.41, 5.74) is 8.34. The zero-order valence-corrected chi connectivity index (χ0v) is 9.50. The number of aromatic nitrogens is 2. The molecule has 0 bridgehead atoms. The third-order valence-electron chi connectivity index (χ3n) is 2.70. The fourth-order valence-electron chi connectivity index (χ4n) is 1.84. The van der Waals surface area contributed by atoms with Gasteiger partial charge < -0.3 is 10.3 Å². The minimum atomic E-state index is 0.0869. The lowest BCUT2D eigenvalue weighted by molar-refractivity contribution is 0.625. The second-order valence-corrected chi connectivity index (χ2v) is 4.03. The van der Waals surface area contributed by atoms with E-state index < -0.39 is 0 Å². The van der Waals surface area contributed by atoms with E-state index in [4.69, 9.17) is 5.73 Å². The smallest absolute Gasteiger partial charge is 0.0421 e. The fraction of sp³-hybridized carbons (Fsp3) is 0.308. The van der Waals surface area contributed by atoms with Gasteiger partial charge in [0.1, 0.15) is 0 Å². The van der Waals surface area contributed by atoms with Crippen molar-refractivity contribution in [1.82, 2.24) is 9.55 Å². The van der Waals surface area contributed by atoms with Gasteiger partial charge in [0.05, 0.1) is 0 Å². The van der Waals surface area contributed by atoms with Crippen molar-refractivity contribution in [2.75, 3.05) is 0 Å². The number of nitrogens with zero attached hydrogens (tertiary/aromatic N) is 2. The standard InChI is InChI=1S/C13H17N3/c1-11(14)13-5-3-8-16(13)9-6-12-4-2-7-15-10-12/h2-5,7-8,10-11H,6,9,14H2,1H3. The SMILES string of the molecule is CC(N)c1cccn1CCc1cccnc1. The molecule has 0 saturated carbocycles. The van der Waals surface area contributed by atoms with E-state index in [9.17, 15) is 0 Å². The third-order valence-corrected chi connectivity index (χ3v) is 2.70. The highest BCUT2D eigenvalue weighted by Crippen LogP contribution is 2.11. The Kier molecular flexibility index (Phi) is 3.37. The molecule has 16 heavy (non-hydrogen) atoms. The number of pyridine rings is 1. The number of rotatable bonds is 4. The number of nitrogens with two attached hydrogens (primary N) is 1. The minimum absolute atomic E-state index is 0.0869. The second kappa shape index (κ2) is 4.94. The summed E-state index contributed by atoms with van der Waals surface area (Å²) in [7, 11) is 0. The molecule has 2 rings (SSSR count). The van der Waals surface area contributed by atoms with E-state index in [2.05, 4.69) is 27.9 Å². The molecule has 0 aliphatic carbocycles. The van der Waals surface area contributed by atoms with Crippen LogP contribution in [0.25, 0.3) is 0 Å². The Morgan fingerprint density at radius 2 is 2.25 bits per heavy atom. The molecule has 0 aliphatic rings. The van der Waals surface area contributed by atoms with Crippen LogP contribution >= 0.6 is 0 Å². The van der Waals surface area contributed by atoms with Gasteiger partial charge in [-0.3, -0.25) is 4.98 Å². The highest BCUT2D eigenvalue weighted by molar-refractivity contribution is 5.12. The molecule has 0 fully saturated rings. The van der Waals surface area contributed by atoms with Crippen LogP contribution in [0, 0.1) is 0 Å². The summed E-state index contributed by atoms with van der Waals surface area (Å²) in [4.78, 5) is 4.11. The van der Waals surface area contributed by atoms with Crippen LogP contribution in [0.5, 0.6) is 0 Å². The highest BCUT2D eigenvalue weighted by Gasteiger charge is 2.04. The quantitative estimate of drug-likeness (QED) is 0.849. The molecule has 84 valence electrons. The number of aryl methyl sites for hydroxylation is 2. The number of hydrogen-bond acceptors (Lipinski definition) is 2. The molecule has 3 heteroatoms. The molecular formula is C13H17N3. The molecule has 0 amide bonds. The summed E-state index contributed by atoms with van der Waals surface area (Å²) in [5.74, 6) is 0. The van der Waals surface area contributed by atoms with Crippen LogP contribution in [0.1, 0.15) is 24.2 Å². The topological polar surface area (TPSA) is 43.8 Å². The molecule has 1 atom stereocenters. The van der Waals surface area contributed by atoms with E-state index >= 15 is 0 Å². The van der Waals surface area contributed by atoms with Gasteiger partial charge >= 0.3 is 0 Å². The Bertz CT molecular complexity index is 431. The van der Waals surface area contributed by atoms with Gasteiger partial charge in [0, 0.05) is 36.9 Å². The maximum atomic E-state index is 5.89. The van der Waals surface area contributed by atoms with Crippen LogP contribution in [0.3, 0.4) is 0 Å². The summed E-state index contributed by atoms with van der Waals surface area (Å²) in [6.07, 6.45) is 6.78. The first kappa shape index (κ1) is 10.9. The van der Waals surface area contributed by atoms with Crippen LogP contribution in [0.15, 0.2) is 42.9 Å².